The Balaban J connectivity index is 1.88. The lowest BCUT2D eigenvalue weighted by molar-refractivity contribution is -0.135. The summed E-state index contributed by atoms with van der Waals surface area (Å²) in [5.41, 5.74) is 3.04. The van der Waals surface area contributed by atoms with Gasteiger partial charge < -0.3 is 4.90 Å². The number of fused-ring (bicyclic) bond motifs is 1. The molecule has 2 aromatic rings. The van der Waals surface area contributed by atoms with E-state index in [2.05, 4.69) is 16.1 Å². The molecule has 0 radical (unpaired) electrons. The average molecular weight is 284 g/mol. The molecule has 3 rings (SSSR count). The van der Waals surface area contributed by atoms with Gasteiger partial charge in [0.15, 0.2) is 0 Å². The molecule has 21 heavy (non-hydrogen) atoms. The Morgan fingerprint density at radius 2 is 2.19 bits per heavy atom. The van der Waals surface area contributed by atoms with E-state index in [1.165, 1.54) is 0 Å². The highest BCUT2D eigenvalue weighted by Crippen LogP contribution is 2.21. The molecule has 0 N–H and O–H groups in total. The summed E-state index contributed by atoms with van der Waals surface area (Å²) >= 11 is 0. The Morgan fingerprint density at radius 3 is 2.90 bits per heavy atom. The minimum Gasteiger partial charge on any atom is -0.337 e. The van der Waals surface area contributed by atoms with Crippen LogP contribution >= 0.6 is 0 Å². The zero-order valence-corrected chi connectivity index (χ0v) is 12.5. The summed E-state index contributed by atoms with van der Waals surface area (Å²) < 4.78 is 2.02. The standard InChI is InChI=1S/C16H20N4O/c1-12(2)16(21)19-7-4-8-20-14(11-19)9-15(18-20)13-5-3-6-17-10-13/h3,5-6,9-10,12H,4,7-8,11H2,1-2H3. The first-order chi connectivity index (χ1) is 10.1. The topological polar surface area (TPSA) is 51.0 Å². The highest BCUT2D eigenvalue weighted by molar-refractivity contribution is 5.78. The maximum Gasteiger partial charge on any atom is 0.225 e. The molecule has 0 aliphatic carbocycles. The molecule has 2 aromatic heterocycles. The van der Waals surface area contributed by atoms with Crippen LogP contribution in [-0.2, 0) is 17.9 Å². The van der Waals surface area contributed by atoms with Crippen LogP contribution in [0.5, 0.6) is 0 Å². The highest BCUT2D eigenvalue weighted by Gasteiger charge is 2.22. The van der Waals surface area contributed by atoms with Crippen molar-refractivity contribution in [2.24, 2.45) is 5.92 Å². The van der Waals surface area contributed by atoms with Gasteiger partial charge in [-0.1, -0.05) is 13.8 Å². The summed E-state index contributed by atoms with van der Waals surface area (Å²) in [5.74, 6) is 0.254. The van der Waals surface area contributed by atoms with E-state index in [1.807, 2.05) is 41.8 Å². The third kappa shape index (κ3) is 2.82. The van der Waals surface area contributed by atoms with Gasteiger partial charge in [-0.15, -0.1) is 0 Å². The van der Waals surface area contributed by atoms with Crippen LogP contribution in [0.15, 0.2) is 30.6 Å². The van der Waals surface area contributed by atoms with Gasteiger partial charge in [0.2, 0.25) is 5.91 Å². The molecule has 5 nitrogen and oxygen atoms in total. The summed E-state index contributed by atoms with van der Waals surface area (Å²) in [5, 5.41) is 4.66. The first-order valence-corrected chi connectivity index (χ1v) is 7.41. The number of carbonyl (C=O) groups excluding carboxylic acids is 1. The van der Waals surface area contributed by atoms with Gasteiger partial charge in [0.05, 0.1) is 17.9 Å². The maximum atomic E-state index is 12.2. The molecule has 0 atom stereocenters. The summed E-state index contributed by atoms with van der Waals surface area (Å²) in [6.45, 7) is 6.21. The van der Waals surface area contributed by atoms with Crippen molar-refractivity contribution in [3.8, 4) is 11.3 Å². The van der Waals surface area contributed by atoms with Crippen LogP contribution in [-0.4, -0.2) is 32.1 Å². The second-order valence-electron chi connectivity index (χ2n) is 5.75. The second kappa shape index (κ2) is 5.68. The Morgan fingerprint density at radius 1 is 1.33 bits per heavy atom. The fourth-order valence-electron chi connectivity index (χ4n) is 2.67. The summed E-state index contributed by atoms with van der Waals surface area (Å²) in [4.78, 5) is 18.3. The molecular formula is C16H20N4O. The van der Waals surface area contributed by atoms with Crippen LogP contribution in [0.25, 0.3) is 11.3 Å². The lowest BCUT2D eigenvalue weighted by Crippen LogP contribution is -2.33. The highest BCUT2D eigenvalue weighted by atomic mass is 16.2. The van der Waals surface area contributed by atoms with Gasteiger partial charge in [-0.25, -0.2) is 0 Å². The Kier molecular flexibility index (Phi) is 3.73. The van der Waals surface area contributed by atoms with Crippen molar-refractivity contribution in [3.63, 3.8) is 0 Å². The molecule has 0 fully saturated rings. The number of hydrogen-bond acceptors (Lipinski definition) is 3. The van der Waals surface area contributed by atoms with E-state index in [4.69, 9.17) is 0 Å². The summed E-state index contributed by atoms with van der Waals surface area (Å²) in [6, 6.07) is 5.99. The molecule has 110 valence electrons. The lowest BCUT2D eigenvalue weighted by atomic mass is 10.1. The molecule has 0 unspecified atom stereocenters. The molecular weight excluding hydrogens is 264 g/mol. The number of hydrogen-bond donors (Lipinski definition) is 0. The number of rotatable bonds is 2. The van der Waals surface area contributed by atoms with Crippen LogP contribution in [0.1, 0.15) is 26.0 Å². The van der Waals surface area contributed by atoms with Gasteiger partial charge >= 0.3 is 0 Å². The van der Waals surface area contributed by atoms with Crippen molar-refractivity contribution in [1.29, 1.82) is 0 Å². The quantitative estimate of drug-likeness (QED) is 0.850. The van der Waals surface area contributed by atoms with Crippen LogP contribution in [0, 0.1) is 5.92 Å². The molecule has 3 heterocycles. The molecule has 1 aliphatic rings. The van der Waals surface area contributed by atoms with Crippen molar-refractivity contribution >= 4 is 5.91 Å². The van der Waals surface area contributed by atoms with Gasteiger partial charge in [-0.2, -0.15) is 5.10 Å². The van der Waals surface area contributed by atoms with E-state index in [0.29, 0.717) is 6.54 Å². The molecule has 5 heteroatoms. The zero-order valence-electron chi connectivity index (χ0n) is 12.5. The summed E-state index contributed by atoms with van der Waals surface area (Å²) in [6.07, 6.45) is 4.52. The SMILES string of the molecule is CC(C)C(=O)N1CCCn2nc(-c3cccnc3)cc2C1. The van der Waals surface area contributed by atoms with Crippen LogP contribution in [0.3, 0.4) is 0 Å². The lowest BCUT2D eigenvalue weighted by Gasteiger charge is -2.21. The largest absolute Gasteiger partial charge is 0.337 e. The minimum absolute atomic E-state index is 0.0391. The average Bonchev–Trinajstić information content (AvgIpc) is 2.79. The third-order valence-electron chi connectivity index (χ3n) is 3.78. The first kappa shape index (κ1) is 13.8. The number of amides is 1. The van der Waals surface area contributed by atoms with E-state index in [1.54, 1.807) is 6.20 Å². The molecule has 1 aliphatic heterocycles. The second-order valence-corrected chi connectivity index (χ2v) is 5.75. The van der Waals surface area contributed by atoms with Crippen LogP contribution in [0.4, 0.5) is 0 Å². The number of aromatic nitrogens is 3. The Hall–Kier alpha value is -2.17. The predicted octanol–water partition coefficient (Wildman–Crippen LogP) is 2.33. The van der Waals surface area contributed by atoms with E-state index in [-0.39, 0.29) is 11.8 Å². The van der Waals surface area contributed by atoms with E-state index in [9.17, 15) is 4.79 Å². The fourth-order valence-corrected chi connectivity index (χ4v) is 2.67. The predicted molar refractivity (Wildman–Crippen MR) is 80.3 cm³/mol. The third-order valence-corrected chi connectivity index (χ3v) is 3.78. The molecule has 0 aromatic carbocycles. The number of aryl methyl sites for hydroxylation is 1. The van der Waals surface area contributed by atoms with Crippen LogP contribution in [0.2, 0.25) is 0 Å². The normalized spacial score (nSPS) is 14.9. The monoisotopic (exact) mass is 284 g/mol. The van der Waals surface area contributed by atoms with E-state index < -0.39 is 0 Å². The fraction of sp³-hybridized carbons (Fsp3) is 0.438. The number of nitrogens with zero attached hydrogens (tertiary/aromatic N) is 4. The zero-order chi connectivity index (χ0) is 14.8. The van der Waals surface area contributed by atoms with Crippen molar-refractivity contribution < 1.29 is 4.79 Å². The molecule has 1 amide bonds. The number of carbonyl (C=O) groups is 1. The Bertz CT molecular complexity index is 633. The van der Waals surface area contributed by atoms with Crippen molar-refractivity contribution in [2.75, 3.05) is 6.54 Å². The smallest absolute Gasteiger partial charge is 0.225 e. The van der Waals surface area contributed by atoms with Crippen LogP contribution < -0.4 is 0 Å². The van der Waals surface area contributed by atoms with Crippen molar-refractivity contribution in [1.82, 2.24) is 19.7 Å². The minimum atomic E-state index is 0.0391. The van der Waals surface area contributed by atoms with Gasteiger partial charge in [0.25, 0.3) is 0 Å². The van der Waals surface area contributed by atoms with Gasteiger partial charge in [-0.05, 0) is 24.6 Å². The van der Waals surface area contributed by atoms with Crippen molar-refractivity contribution in [2.45, 2.75) is 33.4 Å². The van der Waals surface area contributed by atoms with Gasteiger partial charge in [-0.3, -0.25) is 14.5 Å². The van der Waals surface area contributed by atoms with Gasteiger partial charge in [0.1, 0.15) is 0 Å². The first-order valence-electron chi connectivity index (χ1n) is 7.41. The Labute approximate surface area is 124 Å². The van der Waals surface area contributed by atoms with E-state index >= 15 is 0 Å². The molecule has 0 bridgehead atoms. The number of pyridine rings is 1. The molecule has 0 spiro atoms. The molecule has 0 saturated carbocycles. The van der Waals surface area contributed by atoms with Crippen molar-refractivity contribution in [3.05, 3.63) is 36.3 Å². The summed E-state index contributed by atoms with van der Waals surface area (Å²) in [7, 11) is 0. The molecule has 0 saturated heterocycles. The van der Waals surface area contributed by atoms with E-state index in [0.717, 1.165) is 36.5 Å². The van der Waals surface area contributed by atoms with Gasteiger partial charge in [0, 0.05) is 37.0 Å². The maximum absolute atomic E-state index is 12.2.